The molecule has 0 fully saturated rings. The molecule has 0 radical (unpaired) electrons. The lowest BCUT2D eigenvalue weighted by atomic mass is 10.0. The molecule has 0 aliphatic rings. The summed E-state index contributed by atoms with van der Waals surface area (Å²) in [5.41, 5.74) is 1.52. The number of methoxy groups -OCH3 is 1. The lowest BCUT2D eigenvalue weighted by Gasteiger charge is -2.16. The summed E-state index contributed by atoms with van der Waals surface area (Å²) in [5, 5.41) is 2.82. The van der Waals surface area contributed by atoms with Gasteiger partial charge in [-0.1, -0.05) is 12.1 Å². The summed E-state index contributed by atoms with van der Waals surface area (Å²) in [6.45, 7) is 3.86. The van der Waals surface area contributed by atoms with Crippen LogP contribution >= 0.6 is 0 Å². The summed E-state index contributed by atoms with van der Waals surface area (Å²) >= 11 is 0. The van der Waals surface area contributed by atoms with Crippen LogP contribution in [0.1, 0.15) is 34.8 Å². The third-order valence-electron chi connectivity index (χ3n) is 4.59. The first-order valence-electron chi connectivity index (χ1n) is 9.48. The highest BCUT2D eigenvalue weighted by Gasteiger charge is 2.19. The number of nitrogens with one attached hydrogen (secondary N) is 2. The standard InChI is InChI=1S/C21H26F2N2O4S/c1-14-4-8-17(30(27,28)24-10-11-29-3)13-18(14)21(26)25-15(2)5-6-16-7-9-19(22)20(23)12-16/h4,7-9,12-13,15,24H,5-6,10-11H2,1-3H3,(H,25,26). The van der Waals surface area contributed by atoms with E-state index in [0.717, 1.165) is 12.1 Å². The monoisotopic (exact) mass is 440 g/mol. The molecular weight excluding hydrogens is 414 g/mol. The van der Waals surface area contributed by atoms with Crippen LogP contribution in [-0.4, -0.2) is 40.6 Å². The Balaban J connectivity index is 2.04. The Morgan fingerprint density at radius 3 is 2.53 bits per heavy atom. The molecule has 2 N–H and O–H groups in total. The van der Waals surface area contributed by atoms with Crippen LogP contribution in [0.25, 0.3) is 0 Å². The number of aryl methyl sites for hydroxylation is 2. The van der Waals surface area contributed by atoms with Crippen molar-refractivity contribution in [2.45, 2.75) is 37.6 Å². The van der Waals surface area contributed by atoms with E-state index < -0.39 is 27.6 Å². The van der Waals surface area contributed by atoms with Crippen LogP contribution in [0, 0.1) is 18.6 Å². The Morgan fingerprint density at radius 2 is 1.87 bits per heavy atom. The fourth-order valence-corrected chi connectivity index (χ4v) is 3.87. The highest BCUT2D eigenvalue weighted by Crippen LogP contribution is 2.17. The number of sulfonamides is 1. The van der Waals surface area contributed by atoms with Crippen molar-refractivity contribution in [3.63, 3.8) is 0 Å². The van der Waals surface area contributed by atoms with Gasteiger partial charge in [0, 0.05) is 25.3 Å². The molecule has 0 heterocycles. The molecule has 6 nitrogen and oxygen atoms in total. The fourth-order valence-electron chi connectivity index (χ4n) is 2.83. The molecule has 0 saturated heterocycles. The summed E-state index contributed by atoms with van der Waals surface area (Å²) in [7, 11) is -2.30. The Bertz CT molecular complexity index is 996. The van der Waals surface area contributed by atoms with Crippen molar-refractivity contribution < 1.29 is 26.7 Å². The average molecular weight is 441 g/mol. The lowest BCUT2D eigenvalue weighted by molar-refractivity contribution is 0.0937. The van der Waals surface area contributed by atoms with Crippen molar-refractivity contribution in [3.05, 3.63) is 64.7 Å². The van der Waals surface area contributed by atoms with Crippen LogP contribution in [0.3, 0.4) is 0 Å². The number of carbonyl (C=O) groups excluding carboxylic acids is 1. The largest absolute Gasteiger partial charge is 0.383 e. The van der Waals surface area contributed by atoms with Crippen molar-refractivity contribution >= 4 is 15.9 Å². The highest BCUT2D eigenvalue weighted by molar-refractivity contribution is 7.89. The van der Waals surface area contributed by atoms with E-state index in [0.29, 0.717) is 24.0 Å². The average Bonchev–Trinajstić information content (AvgIpc) is 2.69. The van der Waals surface area contributed by atoms with Gasteiger partial charge < -0.3 is 10.1 Å². The first-order chi connectivity index (χ1) is 14.1. The minimum Gasteiger partial charge on any atom is -0.383 e. The Morgan fingerprint density at radius 1 is 1.13 bits per heavy atom. The SMILES string of the molecule is COCCNS(=O)(=O)c1ccc(C)c(C(=O)NC(C)CCc2ccc(F)c(F)c2)c1. The molecule has 9 heteroatoms. The zero-order valence-corrected chi connectivity index (χ0v) is 18.0. The van der Waals surface area contributed by atoms with Crippen molar-refractivity contribution in [2.75, 3.05) is 20.3 Å². The number of hydrogen-bond acceptors (Lipinski definition) is 4. The van der Waals surface area contributed by atoms with E-state index in [1.807, 2.05) is 0 Å². The quantitative estimate of drug-likeness (QED) is 0.557. The molecule has 0 saturated carbocycles. The van der Waals surface area contributed by atoms with Crippen LogP contribution in [0.4, 0.5) is 8.78 Å². The van der Waals surface area contributed by atoms with Gasteiger partial charge in [0.15, 0.2) is 11.6 Å². The summed E-state index contributed by atoms with van der Waals surface area (Å²) in [6, 6.07) is 7.80. The summed E-state index contributed by atoms with van der Waals surface area (Å²) < 4.78 is 58.3. The Kier molecular flexibility index (Phi) is 8.45. The van der Waals surface area contributed by atoms with Crippen molar-refractivity contribution in [1.29, 1.82) is 0 Å². The maximum atomic E-state index is 13.3. The van der Waals surface area contributed by atoms with E-state index in [4.69, 9.17) is 4.74 Å². The Hall–Kier alpha value is -2.36. The van der Waals surface area contributed by atoms with E-state index in [1.165, 1.54) is 25.3 Å². The van der Waals surface area contributed by atoms with Gasteiger partial charge in [-0.2, -0.15) is 0 Å². The molecule has 30 heavy (non-hydrogen) atoms. The molecule has 0 aliphatic carbocycles. The molecule has 0 bridgehead atoms. The normalized spacial score (nSPS) is 12.6. The van der Waals surface area contributed by atoms with Gasteiger partial charge in [0.2, 0.25) is 10.0 Å². The van der Waals surface area contributed by atoms with E-state index >= 15 is 0 Å². The summed E-state index contributed by atoms with van der Waals surface area (Å²) in [5.74, 6) is -2.21. The third kappa shape index (κ3) is 6.58. The topological polar surface area (TPSA) is 84.5 Å². The number of ether oxygens (including phenoxy) is 1. The maximum Gasteiger partial charge on any atom is 0.251 e. The molecule has 2 rings (SSSR count). The second kappa shape index (κ2) is 10.6. The van der Waals surface area contributed by atoms with Crippen molar-refractivity contribution in [3.8, 4) is 0 Å². The van der Waals surface area contributed by atoms with Crippen molar-refractivity contribution in [2.24, 2.45) is 0 Å². The van der Waals surface area contributed by atoms with Gasteiger partial charge >= 0.3 is 0 Å². The second-order valence-electron chi connectivity index (χ2n) is 7.03. The zero-order valence-electron chi connectivity index (χ0n) is 17.2. The predicted molar refractivity (Wildman–Crippen MR) is 110 cm³/mol. The van der Waals surface area contributed by atoms with Crippen LogP contribution in [0.15, 0.2) is 41.3 Å². The van der Waals surface area contributed by atoms with E-state index in [2.05, 4.69) is 10.0 Å². The smallest absolute Gasteiger partial charge is 0.251 e. The van der Waals surface area contributed by atoms with Crippen LogP contribution in [0.5, 0.6) is 0 Å². The lowest BCUT2D eigenvalue weighted by Crippen LogP contribution is -2.33. The molecule has 2 aromatic carbocycles. The molecule has 0 spiro atoms. The van der Waals surface area contributed by atoms with Gasteiger partial charge in [-0.3, -0.25) is 4.79 Å². The summed E-state index contributed by atoms with van der Waals surface area (Å²) in [4.78, 5) is 12.7. The van der Waals surface area contributed by atoms with Crippen molar-refractivity contribution in [1.82, 2.24) is 10.0 Å². The highest BCUT2D eigenvalue weighted by atomic mass is 32.2. The first kappa shape index (κ1) is 23.9. The molecule has 2 aromatic rings. The van der Waals surface area contributed by atoms with Gasteiger partial charge in [0.05, 0.1) is 11.5 Å². The van der Waals surface area contributed by atoms with Crippen LogP contribution < -0.4 is 10.0 Å². The summed E-state index contributed by atoms with van der Waals surface area (Å²) in [6.07, 6.45) is 0.960. The molecule has 1 atom stereocenters. The minimum absolute atomic E-state index is 0.0104. The number of hydrogen-bond donors (Lipinski definition) is 2. The molecule has 1 amide bonds. The van der Waals surface area contributed by atoms with E-state index in [1.54, 1.807) is 19.9 Å². The van der Waals surface area contributed by atoms with E-state index in [9.17, 15) is 22.0 Å². The van der Waals surface area contributed by atoms with Gasteiger partial charge in [0.25, 0.3) is 5.91 Å². The van der Waals surface area contributed by atoms with Crippen LogP contribution in [0.2, 0.25) is 0 Å². The number of amides is 1. The number of rotatable bonds is 10. The molecule has 1 unspecified atom stereocenters. The zero-order chi connectivity index (χ0) is 22.3. The van der Waals surface area contributed by atoms with Gasteiger partial charge in [-0.25, -0.2) is 21.9 Å². The number of carbonyl (C=O) groups is 1. The predicted octanol–water partition coefficient (Wildman–Crippen LogP) is 2.95. The number of benzene rings is 2. The fraction of sp³-hybridized carbons (Fsp3) is 0.381. The van der Waals surface area contributed by atoms with Gasteiger partial charge in [0.1, 0.15) is 0 Å². The molecular formula is C21H26F2N2O4S. The van der Waals surface area contributed by atoms with Gasteiger partial charge in [-0.05, 0) is 62.1 Å². The third-order valence-corrected chi connectivity index (χ3v) is 6.05. The second-order valence-corrected chi connectivity index (χ2v) is 8.80. The van der Waals surface area contributed by atoms with Gasteiger partial charge in [-0.15, -0.1) is 0 Å². The minimum atomic E-state index is -3.76. The number of halogens is 2. The Labute approximate surface area is 175 Å². The molecule has 0 aliphatic heterocycles. The first-order valence-corrected chi connectivity index (χ1v) is 11.0. The van der Waals surface area contributed by atoms with Crippen LogP contribution in [-0.2, 0) is 21.2 Å². The molecule has 0 aromatic heterocycles. The molecule has 164 valence electrons. The van der Waals surface area contributed by atoms with E-state index in [-0.39, 0.29) is 29.7 Å². The maximum absolute atomic E-state index is 13.3.